The van der Waals surface area contributed by atoms with Gasteiger partial charge in [-0.3, -0.25) is 9.36 Å². The van der Waals surface area contributed by atoms with E-state index in [1.165, 1.54) is 37.7 Å². The molecule has 1 saturated carbocycles. The highest BCUT2D eigenvalue weighted by Crippen LogP contribution is 2.31. The first-order valence-electron chi connectivity index (χ1n) is 17.4. The number of rotatable bonds is 14. The minimum absolute atomic E-state index is 0.0306. The third kappa shape index (κ3) is 8.36. The summed E-state index contributed by atoms with van der Waals surface area (Å²) in [5, 5.41) is 7.17. The molecule has 3 fully saturated rings. The van der Waals surface area contributed by atoms with Crippen LogP contribution in [0.2, 0.25) is 0 Å². The second-order valence-corrected chi connectivity index (χ2v) is 12.9. The van der Waals surface area contributed by atoms with Crippen LogP contribution in [-0.4, -0.2) is 50.7 Å². The van der Waals surface area contributed by atoms with E-state index >= 15 is 0 Å². The van der Waals surface area contributed by atoms with Gasteiger partial charge in [0.2, 0.25) is 5.95 Å². The number of ether oxygens (including phenoxy) is 2. The third-order valence-corrected chi connectivity index (χ3v) is 9.47. The molecule has 2 unspecified atom stereocenters. The first kappa shape index (κ1) is 31.0. The fourth-order valence-corrected chi connectivity index (χ4v) is 6.87. The number of nitrogens with one attached hydrogen (secondary N) is 2. The zero-order chi connectivity index (χ0) is 30.0. The molecule has 1 aromatic carbocycles. The summed E-state index contributed by atoms with van der Waals surface area (Å²) in [7, 11) is 0. The molecule has 6 rings (SSSR count). The number of hydrogen-bond acceptors (Lipinski definition) is 8. The van der Waals surface area contributed by atoms with Gasteiger partial charge in [0.1, 0.15) is 12.3 Å². The third-order valence-electron chi connectivity index (χ3n) is 9.47. The normalized spacial score (nSPS) is 21.4. The van der Waals surface area contributed by atoms with Gasteiger partial charge < -0.3 is 20.1 Å². The molecule has 2 aliphatic heterocycles. The Hall–Kier alpha value is -3.04. The van der Waals surface area contributed by atoms with Crippen molar-refractivity contribution in [2.24, 2.45) is 0 Å². The van der Waals surface area contributed by atoms with Crippen LogP contribution < -0.4 is 10.6 Å². The molecule has 2 saturated heterocycles. The molecule has 4 heterocycles. The predicted octanol–water partition coefficient (Wildman–Crippen LogP) is 8.03. The van der Waals surface area contributed by atoms with E-state index in [-0.39, 0.29) is 12.3 Å². The molecule has 3 aromatic rings. The Morgan fingerprint density at radius 2 is 1.57 bits per heavy atom. The van der Waals surface area contributed by atoms with Crippen molar-refractivity contribution in [3.63, 3.8) is 0 Å². The predicted molar refractivity (Wildman–Crippen MR) is 174 cm³/mol. The van der Waals surface area contributed by atoms with E-state index in [0.717, 1.165) is 113 Å². The topological polar surface area (TPSA) is 103 Å². The summed E-state index contributed by atoms with van der Waals surface area (Å²) in [5.41, 5.74) is 3.94. The zero-order valence-electron chi connectivity index (χ0n) is 26.3. The Morgan fingerprint density at radius 3 is 2.34 bits per heavy atom. The molecule has 44 heavy (non-hydrogen) atoms. The standard InChI is InChI=1S/C35H50N6O3/c42-29(30-17-9-11-23-43-30)16-8-3-1-2-5-13-26-19-21-28(22-20-26)38-35-39-33(37-27-14-6-4-7-15-27)32-34(40-35)41(25-36-32)31-18-10-12-24-44-31/h19-22,25,27,30-31H,1-18,23-24H2,(H2,37,38,39,40). The molecule has 0 radical (unpaired) electrons. The van der Waals surface area contributed by atoms with Crippen LogP contribution in [0.25, 0.3) is 11.2 Å². The van der Waals surface area contributed by atoms with Crippen molar-refractivity contribution in [2.45, 2.75) is 134 Å². The highest BCUT2D eigenvalue weighted by atomic mass is 16.5. The largest absolute Gasteiger partial charge is 0.370 e. The molecule has 9 nitrogen and oxygen atoms in total. The molecule has 0 spiro atoms. The molecule has 238 valence electrons. The lowest BCUT2D eigenvalue weighted by Crippen LogP contribution is -2.27. The number of ketones is 1. The van der Waals surface area contributed by atoms with Crippen LogP contribution in [0, 0.1) is 0 Å². The SMILES string of the molecule is O=C(CCCCCCCc1ccc(Nc2nc(NC3CCCCC3)c3ncn(C4CCCCO4)c3n2)cc1)C1CCCCO1. The number of aromatic nitrogens is 4. The van der Waals surface area contributed by atoms with Crippen molar-refractivity contribution in [1.82, 2.24) is 19.5 Å². The number of Topliss-reactive ketones (excluding diaryl/α,β-unsaturated/α-hetero) is 1. The quantitative estimate of drug-likeness (QED) is 0.179. The lowest BCUT2D eigenvalue weighted by atomic mass is 9.95. The molecule has 0 amide bonds. The minimum atomic E-state index is -0.129. The van der Waals surface area contributed by atoms with Gasteiger partial charge in [-0.25, -0.2) is 4.98 Å². The van der Waals surface area contributed by atoms with E-state index in [9.17, 15) is 4.79 Å². The average molecular weight is 603 g/mol. The summed E-state index contributed by atoms with van der Waals surface area (Å²) < 4.78 is 13.8. The highest BCUT2D eigenvalue weighted by Gasteiger charge is 2.24. The second kappa shape index (κ2) is 15.8. The van der Waals surface area contributed by atoms with Gasteiger partial charge >= 0.3 is 0 Å². The first-order chi connectivity index (χ1) is 21.7. The van der Waals surface area contributed by atoms with Gasteiger partial charge in [0, 0.05) is 31.4 Å². The van der Waals surface area contributed by atoms with Crippen LogP contribution >= 0.6 is 0 Å². The molecular formula is C35H50N6O3. The van der Waals surface area contributed by atoms with E-state index in [1.807, 2.05) is 6.33 Å². The van der Waals surface area contributed by atoms with Crippen molar-refractivity contribution < 1.29 is 14.3 Å². The van der Waals surface area contributed by atoms with Gasteiger partial charge in [-0.15, -0.1) is 0 Å². The van der Waals surface area contributed by atoms with Gasteiger partial charge in [0.25, 0.3) is 0 Å². The summed E-state index contributed by atoms with van der Waals surface area (Å²) in [6.45, 7) is 1.52. The number of nitrogens with zero attached hydrogens (tertiary/aromatic N) is 4. The van der Waals surface area contributed by atoms with Gasteiger partial charge in [-0.2, -0.15) is 9.97 Å². The summed E-state index contributed by atoms with van der Waals surface area (Å²) in [6.07, 6.45) is 21.6. The van der Waals surface area contributed by atoms with Crippen LogP contribution in [-0.2, 0) is 20.7 Å². The van der Waals surface area contributed by atoms with Crippen molar-refractivity contribution in [3.8, 4) is 0 Å². The molecule has 0 bridgehead atoms. The maximum atomic E-state index is 12.3. The Labute approximate surface area is 261 Å². The number of imidazole rings is 1. The summed E-state index contributed by atoms with van der Waals surface area (Å²) in [6, 6.07) is 9.06. The minimum Gasteiger partial charge on any atom is -0.370 e. The Morgan fingerprint density at radius 1 is 0.818 bits per heavy atom. The smallest absolute Gasteiger partial charge is 0.231 e. The second-order valence-electron chi connectivity index (χ2n) is 12.9. The Balaban J connectivity index is 1.02. The molecule has 2 aromatic heterocycles. The van der Waals surface area contributed by atoms with Crippen molar-refractivity contribution in [3.05, 3.63) is 36.2 Å². The molecular weight excluding hydrogens is 552 g/mol. The van der Waals surface area contributed by atoms with E-state index in [4.69, 9.17) is 24.4 Å². The van der Waals surface area contributed by atoms with Gasteiger partial charge in [-0.1, -0.05) is 50.7 Å². The maximum Gasteiger partial charge on any atom is 0.231 e. The van der Waals surface area contributed by atoms with Crippen molar-refractivity contribution in [2.75, 3.05) is 23.8 Å². The van der Waals surface area contributed by atoms with Gasteiger partial charge in [-0.05, 0) is 88.3 Å². The fourth-order valence-electron chi connectivity index (χ4n) is 6.87. The number of benzene rings is 1. The van der Waals surface area contributed by atoms with Gasteiger partial charge in [0.05, 0.1) is 6.33 Å². The monoisotopic (exact) mass is 602 g/mol. The van der Waals surface area contributed by atoms with Crippen LogP contribution in [0.3, 0.4) is 0 Å². The lowest BCUT2D eigenvalue weighted by molar-refractivity contribution is -0.133. The van der Waals surface area contributed by atoms with Crippen LogP contribution in [0.1, 0.15) is 121 Å². The first-order valence-corrected chi connectivity index (χ1v) is 17.4. The number of carbonyl (C=O) groups excluding carboxylic acids is 1. The number of fused-ring (bicyclic) bond motifs is 1. The summed E-state index contributed by atoms with van der Waals surface area (Å²) >= 11 is 0. The number of aryl methyl sites for hydroxylation is 1. The average Bonchev–Trinajstić information content (AvgIpc) is 3.51. The van der Waals surface area contributed by atoms with Gasteiger partial charge in [0.15, 0.2) is 22.8 Å². The fraction of sp³-hybridized carbons (Fsp3) is 0.657. The molecule has 2 atom stereocenters. The molecule has 1 aliphatic carbocycles. The zero-order valence-corrected chi connectivity index (χ0v) is 26.3. The number of unbranched alkanes of at least 4 members (excludes halogenated alkanes) is 4. The van der Waals surface area contributed by atoms with Crippen molar-refractivity contribution >= 4 is 34.4 Å². The Kier molecular flexibility index (Phi) is 11.1. The summed E-state index contributed by atoms with van der Waals surface area (Å²) in [4.78, 5) is 26.9. The molecule has 2 N–H and O–H groups in total. The van der Waals surface area contributed by atoms with E-state index in [1.54, 1.807) is 0 Å². The van der Waals surface area contributed by atoms with E-state index < -0.39 is 0 Å². The Bertz CT molecular complexity index is 1320. The molecule has 9 heteroatoms. The van der Waals surface area contributed by atoms with Crippen molar-refractivity contribution in [1.29, 1.82) is 0 Å². The lowest BCUT2D eigenvalue weighted by Gasteiger charge is -2.25. The van der Waals surface area contributed by atoms with Crippen LogP contribution in [0.15, 0.2) is 30.6 Å². The number of hydrogen-bond donors (Lipinski definition) is 2. The summed E-state index contributed by atoms with van der Waals surface area (Å²) in [5.74, 6) is 1.70. The maximum absolute atomic E-state index is 12.3. The highest BCUT2D eigenvalue weighted by molar-refractivity contribution is 5.85. The number of anilines is 3. The molecule has 3 aliphatic rings. The van der Waals surface area contributed by atoms with E-state index in [2.05, 4.69) is 39.5 Å². The van der Waals surface area contributed by atoms with Crippen LogP contribution in [0.5, 0.6) is 0 Å². The van der Waals surface area contributed by atoms with Crippen LogP contribution in [0.4, 0.5) is 17.5 Å². The number of carbonyl (C=O) groups is 1. The van der Waals surface area contributed by atoms with E-state index in [0.29, 0.717) is 24.2 Å².